The van der Waals surface area contributed by atoms with Gasteiger partial charge in [0.05, 0.1) is 23.0 Å². The molecule has 4 aromatic rings. The maximum Gasteiger partial charge on any atom is 0.338 e. The van der Waals surface area contributed by atoms with Gasteiger partial charge in [0.1, 0.15) is 6.61 Å². The fourth-order valence-electron chi connectivity index (χ4n) is 3.08. The molecule has 0 saturated heterocycles. The number of aryl methyl sites for hydroxylation is 1. The molecular formula is C22H19N3O2. The van der Waals surface area contributed by atoms with Crippen LogP contribution in [0.25, 0.3) is 16.6 Å². The van der Waals surface area contributed by atoms with Crippen LogP contribution in [0.1, 0.15) is 21.5 Å². The van der Waals surface area contributed by atoms with Crippen molar-refractivity contribution in [3.63, 3.8) is 0 Å². The van der Waals surface area contributed by atoms with E-state index >= 15 is 0 Å². The average Bonchev–Trinajstić information content (AvgIpc) is 3.11. The summed E-state index contributed by atoms with van der Waals surface area (Å²) in [6, 6.07) is 20.8. The van der Waals surface area contributed by atoms with Gasteiger partial charge in [-0.3, -0.25) is 0 Å². The first-order chi connectivity index (χ1) is 13.1. The highest BCUT2D eigenvalue weighted by atomic mass is 16.5. The molecule has 0 aliphatic rings. The topological polar surface area (TPSA) is 70.1 Å². The molecule has 0 aliphatic carbocycles. The molecule has 0 radical (unpaired) electrons. The Morgan fingerprint density at radius 1 is 1.07 bits per heavy atom. The number of hydrogen-bond donors (Lipinski definition) is 1. The minimum absolute atomic E-state index is 0.240. The number of hydrogen-bond acceptors (Lipinski definition) is 4. The van der Waals surface area contributed by atoms with Crippen LogP contribution in [0.3, 0.4) is 0 Å². The van der Waals surface area contributed by atoms with Crippen molar-refractivity contribution in [2.75, 3.05) is 5.73 Å². The number of esters is 1. The number of nitrogens with zero attached hydrogens (tertiary/aromatic N) is 2. The number of anilines is 1. The first kappa shape index (κ1) is 16.8. The maximum atomic E-state index is 12.4. The number of nitrogen functional groups attached to an aromatic ring is 1. The molecule has 0 amide bonds. The average molecular weight is 357 g/mol. The number of rotatable bonds is 4. The molecule has 0 aliphatic heterocycles. The van der Waals surface area contributed by atoms with Gasteiger partial charge in [0.25, 0.3) is 0 Å². The lowest BCUT2D eigenvalue weighted by Crippen LogP contribution is -2.06. The standard InChI is InChI=1S/C22H19N3O2/c1-15-10-20(23)19-13-24-25(21(19)11-15)18-9-5-8-17(12-18)22(26)27-14-16-6-3-2-4-7-16/h2-13H,14,23H2,1H3. The Morgan fingerprint density at radius 3 is 2.70 bits per heavy atom. The molecule has 0 unspecified atom stereocenters. The van der Waals surface area contributed by atoms with Crippen molar-refractivity contribution in [1.29, 1.82) is 0 Å². The van der Waals surface area contributed by atoms with E-state index in [9.17, 15) is 4.79 Å². The monoisotopic (exact) mass is 357 g/mol. The van der Waals surface area contributed by atoms with E-state index in [1.807, 2.05) is 61.5 Å². The number of carbonyl (C=O) groups excluding carboxylic acids is 1. The van der Waals surface area contributed by atoms with Crippen molar-refractivity contribution in [3.8, 4) is 5.69 Å². The Bertz CT molecular complexity index is 1120. The van der Waals surface area contributed by atoms with Gasteiger partial charge >= 0.3 is 5.97 Å². The highest BCUT2D eigenvalue weighted by Crippen LogP contribution is 2.25. The molecule has 5 heteroatoms. The van der Waals surface area contributed by atoms with Gasteiger partial charge < -0.3 is 10.5 Å². The fraction of sp³-hybridized carbons (Fsp3) is 0.0909. The lowest BCUT2D eigenvalue weighted by Gasteiger charge is -2.08. The summed E-state index contributed by atoms with van der Waals surface area (Å²) >= 11 is 0. The van der Waals surface area contributed by atoms with E-state index < -0.39 is 0 Å². The van der Waals surface area contributed by atoms with E-state index in [1.54, 1.807) is 23.0 Å². The van der Waals surface area contributed by atoms with Gasteiger partial charge in [-0.25, -0.2) is 9.48 Å². The minimum Gasteiger partial charge on any atom is -0.457 e. The summed E-state index contributed by atoms with van der Waals surface area (Å²) in [5.74, 6) is -0.368. The molecule has 0 fully saturated rings. The number of nitrogens with two attached hydrogens (primary N) is 1. The van der Waals surface area contributed by atoms with Gasteiger partial charge in [0.15, 0.2) is 0 Å². The van der Waals surface area contributed by atoms with E-state index in [0.29, 0.717) is 11.3 Å². The van der Waals surface area contributed by atoms with Gasteiger partial charge in [-0.1, -0.05) is 36.4 Å². The van der Waals surface area contributed by atoms with E-state index in [0.717, 1.165) is 27.7 Å². The predicted molar refractivity (Wildman–Crippen MR) is 106 cm³/mol. The van der Waals surface area contributed by atoms with Crippen LogP contribution in [-0.4, -0.2) is 15.7 Å². The summed E-state index contributed by atoms with van der Waals surface area (Å²) in [5, 5.41) is 5.33. The van der Waals surface area contributed by atoms with E-state index in [1.165, 1.54) is 0 Å². The summed E-state index contributed by atoms with van der Waals surface area (Å²) < 4.78 is 7.21. The molecular weight excluding hydrogens is 338 g/mol. The Labute approximate surface area is 157 Å². The van der Waals surface area contributed by atoms with Crippen molar-refractivity contribution in [1.82, 2.24) is 9.78 Å². The molecule has 0 spiro atoms. The van der Waals surface area contributed by atoms with E-state index in [2.05, 4.69) is 5.10 Å². The van der Waals surface area contributed by atoms with Crippen molar-refractivity contribution in [2.45, 2.75) is 13.5 Å². The van der Waals surface area contributed by atoms with Crippen LogP contribution in [0.5, 0.6) is 0 Å². The highest BCUT2D eigenvalue weighted by molar-refractivity contribution is 5.93. The first-order valence-corrected chi connectivity index (χ1v) is 8.67. The molecule has 134 valence electrons. The Hall–Kier alpha value is -3.60. The summed E-state index contributed by atoms with van der Waals surface area (Å²) in [4.78, 5) is 12.4. The molecule has 0 atom stereocenters. The van der Waals surface area contributed by atoms with Gasteiger partial charge in [0.2, 0.25) is 0 Å². The van der Waals surface area contributed by atoms with Gasteiger partial charge in [-0.05, 0) is 48.4 Å². The van der Waals surface area contributed by atoms with Crippen molar-refractivity contribution >= 4 is 22.6 Å². The number of aromatic nitrogens is 2. The Balaban J connectivity index is 1.62. The lowest BCUT2D eigenvalue weighted by atomic mass is 10.1. The van der Waals surface area contributed by atoms with E-state index in [4.69, 9.17) is 10.5 Å². The summed E-state index contributed by atoms with van der Waals surface area (Å²) in [6.45, 7) is 2.23. The van der Waals surface area contributed by atoms with Crippen LogP contribution in [0.15, 0.2) is 72.9 Å². The van der Waals surface area contributed by atoms with Gasteiger partial charge in [0, 0.05) is 11.1 Å². The van der Waals surface area contributed by atoms with Crippen molar-refractivity contribution < 1.29 is 9.53 Å². The molecule has 27 heavy (non-hydrogen) atoms. The smallest absolute Gasteiger partial charge is 0.338 e. The first-order valence-electron chi connectivity index (χ1n) is 8.67. The fourth-order valence-corrected chi connectivity index (χ4v) is 3.08. The molecule has 2 N–H and O–H groups in total. The third-order valence-electron chi connectivity index (χ3n) is 4.40. The van der Waals surface area contributed by atoms with Crippen LogP contribution in [0, 0.1) is 6.92 Å². The zero-order chi connectivity index (χ0) is 18.8. The van der Waals surface area contributed by atoms with Crippen LogP contribution in [0.4, 0.5) is 5.69 Å². The van der Waals surface area contributed by atoms with Crippen LogP contribution < -0.4 is 5.73 Å². The Kier molecular flexibility index (Phi) is 4.34. The Morgan fingerprint density at radius 2 is 1.89 bits per heavy atom. The second-order valence-electron chi connectivity index (χ2n) is 6.46. The zero-order valence-electron chi connectivity index (χ0n) is 14.9. The predicted octanol–water partition coefficient (Wildman–Crippen LogP) is 4.27. The largest absolute Gasteiger partial charge is 0.457 e. The second kappa shape index (κ2) is 6.96. The number of ether oxygens (including phenoxy) is 1. The second-order valence-corrected chi connectivity index (χ2v) is 6.46. The summed E-state index contributed by atoms with van der Waals surface area (Å²) in [7, 11) is 0. The summed E-state index contributed by atoms with van der Waals surface area (Å²) in [6.07, 6.45) is 1.74. The van der Waals surface area contributed by atoms with Gasteiger partial charge in [-0.2, -0.15) is 5.10 Å². The molecule has 0 saturated carbocycles. The molecule has 5 nitrogen and oxygen atoms in total. The normalized spacial score (nSPS) is 10.9. The van der Waals surface area contributed by atoms with Crippen LogP contribution in [-0.2, 0) is 11.3 Å². The number of fused-ring (bicyclic) bond motifs is 1. The van der Waals surface area contributed by atoms with Crippen molar-refractivity contribution in [2.24, 2.45) is 0 Å². The molecule has 3 aromatic carbocycles. The van der Waals surface area contributed by atoms with Crippen molar-refractivity contribution in [3.05, 3.63) is 89.6 Å². The third kappa shape index (κ3) is 3.40. The maximum absolute atomic E-state index is 12.4. The molecule has 0 bridgehead atoms. The van der Waals surface area contributed by atoms with Gasteiger partial charge in [-0.15, -0.1) is 0 Å². The van der Waals surface area contributed by atoms with Crippen LogP contribution in [0.2, 0.25) is 0 Å². The number of benzene rings is 3. The molecule has 1 aromatic heterocycles. The highest BCUT2D eigenvalue weighted by Gasteiger charge is 2.12. The number of carbonyl (C=O) groups is 1. The lowest BCUT2D eigenvalue weighted by molar-refractivity contribution is 0.0472. The molecule has 4 rings (SSSR count). The van der Waals surface area contributed by atoms with Crippen LogP contribution >= 0.6 is 0 Å². The SMILES string of the molecule is Cc1cc(N)c2cnn(-c3cccc(C(=O)OCc4ccccc4)c3)c2c1. The van der Waals surface area contributed by atoms with E-state index in [-0.39, 0.29) is 12.6 Å². The minimum atomic E-state index is -0.368. The zero-order valence-corrected chi connectivity index (χ0v) is 14.9. The summed E-state index contributed by atoms with van der Waals surface area (Å²) in [5.41, 5.74) is 11.0. The molecule has 1 heterocycles. The third-order valence-corrected chi connectivity index (χ3v) is 4.40. The quantitative estimate of drug-likeness (QED) is 0.437.